The van der Waals surface area contributed by atoms with E-state index in [-0.39, 0.29) is 0 Å². The maximum Gasteiger partial charge on any atom is 0.161 e. The van der Waals surface area contributed by atoms with Crippen molar-refractivity contribution in [3.63, 3.8) is 0 Å². The molecule has 4 nitrogen and oxygen atoms in total. The zero-order valence-corrected chi connectivity index (χ0v) is 52.3. The molecule has 0 fully saturated rings. The van der Waals surface area contributed by atoms with Gasteiger partial charge in [-0.05, 0) is 164 Å². The molecule has 0 atom stereocenters. The SMILES string of the molecule is c1ccc(-c2ccc3c(c2)sc2cc(-c4cccc(-c5ccc6c(c5)oc5c7ccccc7n(-c7ccccc7)c65)c4)ccc23)cc1.c1ccc(-c2cccc3c2sc2c(-c4cccc(-c5ccc6c(c5)oc5c7ccccc7n(-c7ccccc7)c65)c4)cccc23)cc1. The maximum absolute atomic E-state index is 6.66. The molecule has 0 saturated carbocycles. The van der Waals surface area contributed by atoms with Crippen LogP contribution in [0.3, 0.4) is 0 Å². The Hall–Kier alpha value is -11.8. The normalized spacial score (nSPS) is 11.8. The molecule has 440 valence electrons. The molecule has 6 aromatic heterocycles. The van der Waals surface area contributed by atoms with Crippen molar-refractivity contribution in [3.8, 4) is 78.1 Å². The van der Waals surface area contributed by atoms with Crippen molar-refractivity contribution in [2.24, 2.45) is 0 Å². The Morgan fingerprint density at radius 1 is 0.223 bits per heavy atom. The highest BCUT2D eigenvalue weighted by molar-refractivity contribution is 7.27. The van der Waals surface area contributed by atoms with Crippen molar-refractivity contribution >= 4 is 129 Å². The van der Waals surface area contributed by atoms with Crippen molar-refractivity contribution < 1.29 is 8.83 Å². The Morgan fingerprint density at radius 3 is 1.07 bits per heavy atom. The number of benzene rings is 14. The summed E-state index contributed by atoms with van der Waals surface area (Å²) in [7, 11) is 0. The number of furan rings is 2. The van der Waals surface area contributed by atoms with Crippen LogP contribution in [0.15, 0.2) is 336 Å². The Bertz CT molecular complexity index is 6340. The highest BCUT2D eigenvalue weighted by atomic mass is 32.1. The van der Waals surface area contributed by atoms with Crippen molar-refractivity contribution in [2.45, 2.75) is 0 Å². The Kier molecular flexibility index (Phi) is 12.6. The minimum Gasteiger partial charge on any atom is -0.454 e. The predicted octanol–water partition coefficient (Wildman–Crippen LogP) is 25.8. The Balaban J connectivity index is 0.000000133. The van der Waals surface area contributed by atoms with E-state index >= 15 is 0 Å². The molecular weight excluding hydrogens is 1180 g/mol. The van der Waals surface area contributed by atoms with Crippen LogP contribution < -0.4 is 0 Å². The van der Waals surface area contributed by atoms with Crippen LogP contribution in [0.2, 0.25) is 0 Å². The molecule has 0 N–H and O–H groups in total. The van der Waals surface area contributed by atoms with Crippen LogP contribution in [0.1, 0.15) is 0 Å². The first kappa shape index (κ1) is 54.0. The number of rotatable bonds is 8. The molecule has 0 aliphatic heterocycles. The van der Waals surface area contributed by atoms with Gasteiger partial charge < -0.3 is 18.0 Å². The van der Waals surface area contributed by atoms with E-state index in [9.17, 15) is 0 Å². The average Bonchev–Trinajstić information content (AvgIpc) is 1.58. The first-order valence-corrected chi connectivity index (χ1v) is 33.5. The number of hydrogen-bond donors (Lipinski definition) is 0. The minimum atomic E-state index is 0.897. The lowest BCUT2D eigenvalue weighted by Gasteiger charge is -2.09. The summed E-state index contributed by atoms with van der Waals surface area (Å²) in [6.45, 7) is 0. The van der Waals surface area contributed by atoms with E-state index in [2.05, 4.69) is 337 Å². The van der Waals surface area contributed by atoms with Gasteiger partial charge in [0.05, 0.1) is 11.0 Å². The molecule has 0 radical (unpaired) electrons. The molecule has 20 aromatic rings. The summed E-state index contributed by atoms with van der Waals surface area (Å²) >= 11 is 3.76. The van der Waals surface area contributed by atoms with Gasteiger partial charge in [-0.2, -0.15) is 0 Å². The molecule has 0 spiro atoms. The number of fused-ring (bicyclic) bond motifs is 16. The Labute approximate surface area is 548 Å². The fourth-order valence-electron chi connectivity index (χ4n) is 14.4. The van der Waals surface area contributed by atoms with E-state index in [1.54, 1.807) is 0 Å². The highest BCUT2D eigenvalue weighted by Gasteiger charge is 2.23. The second-order valence-corrected chi connectivity index (χ2v) is 26.3. The topological polar surface area (TPSA) is 36.1 Å². The summed E-state index contributed by atoms with van der Waals surface area (Å²) in [5.74, 6) is 0. The van der Waals surface area contributed by atoms with Crippen LogP contribution in [0.4, 0.5) is 0 Å². The second-order valence-electron chi connectivity index (χ2n) is 24.2. The van der Waals surface area contributed by atoms with E-state index in [1.165, 1.54) is 96.0 Å². The molecule has 94 heavy (non-hydrogen) atoms. The van der Waals surface area contributed by atoms with Crippen LogP contribution in [-0.4, -0.2) is 9.13 Å². The van der Waals surface area contributed by atoms with Gasteiger partial charge in [0.25, 0.3) is 0 Å². The number of aromatic nitrogens is 2. The van der Waals surface area contributed by atoms with E-state index in [1.807, 2.05) is 22.7 Å². The van der Waals surface area contributed by atoms with Crippen LogP contribution >= 0.6 is 22.7 Å². The summed E-state index contributed by atoms with van der Waals surface area (Å²) in [5.41, 5.74) is 25.0. The van der Waals surface area contributed by atoms with Crippen LogP contribution in [0, 0.1) is 0 Å². The molecule has 6 heterocycles. The van der Waals surface area contributed by atoms with Crippen molar-refractivity contribution in [1.29, 1.82) is 0 Å². The van der Waals surface area contributed by atoms with Crippen LogP contribution in [0.5, 0.6) is 0 Å². The lowest BCUT2D eigenvalue weighted by Crippen LogP contribution is -1.92. The first-order chi connectivity index (χ1) is 46.6. The third-order valence-corrected chi connectivity index (χ3v) is 21.2. The molecule has 6 heteroatoms. The summed E-state index contributed by atoms with van der Waals surface area (Å²) in [4.78, 5) is 0. The monoisotopic (exact) mass is 1230 g/mol. The van der Waals surface area contributed by atoms with E-state index < -0.39 is 0 Å². The quantitative estimate of drug-likeness (QED) is 0.152. The summed E-state index contributed by atoms with van der Waals surface area (Å²) in [6.07, 6.45) is 0. The second kappa shape index (κ2) is 22.0. The van der Waals surface area contributed by atoms with Gasteiger partial charge in [-0.15, -0.1) is 22.7 Å². The number of nitrogens with zero attached hydrogens (tertiary/aromatic N) is 2. The van der Waals surface area contributed by atoms with Gasteiger partial charge in [0.1, 0.15) is 22.2 Å². The van der Waals surface area contributed by atoms with Gasteiger partial charge in [0, 0.05) is 73.3 Å². The lowest BCUT2D eigenvalue weighted by molar-refractivity contribution is 0.672. The lowest BCUT2D eigenvalue weighted by atomic mass is 9.97. The van der Waals surface area contributed by atoms with Gasteiger partial charge in [-0.3, -0.25) is 0 Å². The molecule has 20 rings (SSSR count). The fraction of sp³-hybridized carbons (Fsp3) is 0. The Morgan fingerprint density at radius 2 is 0.574 bits per heavy atom. The van der Waals surface area contributed by atoms with E-state index in [0.29, 0.717) is 0 Å². The van der Waals surface area contributed by atoms with Gasteiger partial charge >= 0.3 is 0 Å². The van der Waals surface area contributed by atoms with Gasteiger partial charge in [0.15, 0.2) is 11.2 Å². The van der Waals surface area contributed by atoms with Crippen molar-refractivity contribution in [3.05, 3.63) is 328 Å². The maximum atomic E-state index is 6.66. The van der Waals surface area contributed by atoms with Gasteiger partial charge in [0.2, 0.25) is 0 Å². The number of thiophene rings is 2. The zero-order chi connectivity index (χ0) is 61.8. The summed E-state index contributed by atoms with van der Waals surface area (Å²) < 4.78 is 23.2. The molecule has 0 aliphatic rings. The summed E-state index contributed by atoms with van der Waals surface area (Å²) in [6, 6.07) is 118. The third kappa shape index (κ3) is 8.87. The van der Waals surface area contributed by atoms with Crippen molar-refractivity contribution in [1.82, 2.24) is 9.13 Å². The van der Waals surface area contributed by atoms with E-state index in [0.717, 1.165) is 88.4 Å². The van der Waals surface area contributed by atoms with Crippen molar-refractivity contribution in [2.75, 3.05) is 0 Å². The molecule has 0 amide bonds. The van der Waals surface area contributed by atoms with Crippen LogP contribution in [0.25, 0.3) is 184 Å². The molecule has 0 bridgehead atoms. The minimum absolute atomic E-state index is 0.897. The molecule has 0 unspecified atom stereocenters. The smallest absolute Gasteiger partial charge is 0.161 e. The molecule has 0 aliphatic carbocycles. The number of hydrogen-bond acceptors (Lipinski definition) is 4. The van der Waals surface area contributed by atoms with Gasteiger partial charge in [-0.25, -0.2) is 0 Å². The van der Waals surface area contributed by atoms with Crippen LogP contribution in [-0.2, 0) is 0 Å². The molecular formula is C88H54N2O2S2. The highest BCUT2D eigenvalue weighted by Crippen LogP contribution is 2.47. The third-order valence-electron chi connectivity index (χ3n) is 18.8. The largest absolute Gasteiger partial charge is 0.454 e. The van der Waals surface area contributed by atoms with E-state index in [4.69, 9.17) is 8.83 Å². The standard InChI is InChI=1S/2C44H27NOS/c1-3-12-28(13-4-1)33-19-10-21-35-36-22-11-20-34(44(36)47-43(33)35)31-15-9-14-29(26-31)30-24-25-38-40(27-30)46-42-37-18-7-8-23-39(37)45(41(38)42)32-16-5-2-6-17-32;1-3-10-28(11-4-1)32-18-21-35-36-22-19-33(27-42(36)47-41(35)26-32)30-13-9-12-29(24-30)31-20-23-38-40(25-31)46-44-37-16-7-8-17-39(37)45(43(38)44)34-14-5-2-6-15-34/h2*1-27H. The zero-order valence-electron chi connectivity index (χ0n) is 50.7. The first-order valence-electron chi connectivity index (χ1n) is 31.9. The van der Waals surface area contributed by atoms with Gasteiger partial charge in [-0.1, -0.05) is 231 Å². The average molecular weight is 1240 g/mol. The number of para-hydroxylation sites is 4. The summed E-state index contributed by atoms with van der Waals surface area (Å²) in [5, 5.41) is 9.73. The predicted molar refractivity (Wildman–Crippen MR) is 400 cm³/mol. The molecule has 0 saturated heterocycles. The fourth-order valence-corrected chi connectivity index (χ4v) is 16.9. The molecule has 14 aromatic carbocycles.